The number of nitrogens with zero attached hydrogens (tertiary/aromatic N) is 1. The predicted octanol–water partition coefficient (Wildman–Crippen LogP) is 12.0. The molecule has 7 nitrogen and oxygen atoms in total. The summed E-state index contributed by atoms with van der Waals surface area (Å²) in [6.45, 7) is 9.49. The van der Waals surface area contributed by atoms with Gasteiger partial charge in [0, 0.05) is 19.5 Å². The third-order valence-corrected chi connectivity index (χ3v) is 9.73. The van der Waals surface area contributed by atoms with Gasteiger partial charge in [0.1, 0.15) is 0 Å². The van der Waals surface area contributed by atoms with Crippen molar-refractivity contribution in [3.05, 3.63) is 0 Å². The van der Waals surface area contributed by atoms with Gasteiger partial charge in [-0.1, -0.05) is 168 Å². The Labute approximate surface area is 304 Å². The molecule has 0 heterocycles. The van der Waals surface area contributed by atoms with Crippen molar-refractivity contribution in [1.82, 2.24) is 4.90 Å². The SMILES string of the molecule is CCCCCCCCCC(=O)OCCCCCCN(CCOCCO)C(=O)OCCCCCCC(CCCCCC)CCCCCCCC. The number of aliphatic hydroxyl groups excluding tert-OH is 1. The zero-order chi connectivity index (χ0) is 35.9. The number of carbonyl (C=O) groups is 2. The number of esters is 1. The topological polar surface area (TPSA) is 85.3 Å². The van der Waals surface area contributed by atoms with Gasteiger partial charge >= 0.3 is 12.1 Å². The van der Waals surface area contributed by atoms with Gasteiger partial charge in [-0.15, -0.1) is 0 Å². The number of hydrogen-bond donors (Lipinski definition) is 1. The van der Waals surface area contributed by atoms with E-state index in [9.17, 15) is 9.59 Å². The Morgan fingerprint density at radius 2 is 0.939 bits per heavy atom. The van der Waals surface area contributed by atoms with E-state index in [4.69, 9.17) is 19.3 Å². The van der Waals surface area contributed by atoms with Crippen LogP contribution in [0.1, 0.15) is 207 Å². The fourth-order valence-electron chi connectivity index (χ4n) is 6.52. The molecule has 0 aromatic heterocycles. The summed E-state index contributed by atoms with van der Waals surface area (Å²) in [5, 5.41) is 9.01. The largest absolute Gasteiger partial charge is 0.466 e. The number of carbonyl (C=O) groups excluding carboxylic acids is 2. The second-order valence-electron chi connectivity index (χ2n) is 14.4. The highest BCUT2D eigenvalue weighted by molar-refractivity contribution is 5.69. The van der Waals surface area contributed by atoms with Gasteiger partial charge in [0.05, 0.1) is 33.0 Å². The minimum Gasteiger partial charge on any atom is -0.466 e. The highest BCUT2D eigenvalue weighted by Gasteiger charge is 2.15. The zero-order valence-corrected chi connectivity index (χ0v) is 33.0. The maximum absolute atomic E-state index is 12.9. The predicted molar refractivity (Wildman–Crippen MR) is 206 cm³/mol. The van der Waals surface area contributed by atoms with Crippen LogP contribution in [0.25, 0.3) is 0 Å². The number of unbranched alkanes of at least 4 members (excludes halogenated alkanes) is 20. The Bertz CT molecular complexity index is 690. The van der Waals surface area contributed by atoms with E-state index >= 15 is 0 Å². The molecular weight excluding hydrogens is 614 g/mol. The van der Waals surface area contributed by atoms with Crippen molar-refractivity contribution < 1.29 is 28.9 Å². The fourth-order valence-corrected chi connectivity index (χ4v) is 6.52. The van der Waals surface area contributed by atoms with Gasteiger partial charge in [0.2, 0.25) is 0 Å². The van der Waals surface area contributed by atoms with Crippen molar-refractivity contribution in [1.29, 1.82) is 0 Å². The van der Waals surface area contributed by atoms with Gasteiger partial charge in [-0.3, -0.25) is 4.79 Å². The van der Waals surface area contributed by atoms with Crippen LogP contribution < -0.4 is 0 Å². The van der Waals surface area contributed by atoms with E-state index in [1.165, 1.54) is 128 Å². The van der Waals surface area contributed by atoms with E-state index in [1.807, 2.05) is 0 Å². The maximum Gasteiger partial charge on any atom is 0.409 e. The second-order valence-corrected chi connectivity index (χ2v) is 14.4. The highest BCUT2D eigenvalue weighted by atomic mass is 16.6. The molecule has 0 rings (SSSR count). The molecule has 1 unspecified atom stereocenters. The van der Waals surface area contributed by atoms with Crippen molar-refractivity contribution in [2.24, 2.45) is 5.92 Å². The first-order valence-electron chi connectivity index (χ1n) is 21.3. The third kappa shape index (κ3) is 34.9. The molecule has 292 valence electrons. The van der Waals surface area contributed by atoms with E-state index in [0.29, 0.717) is 39.3 Å². The van der Waals surface area contributed by atoms with Gasteiger partial charge in [-0.2, -0.15) is 0 Å². The average molecular weight is 698 g/mol. The maximum atomic E-state index is 12.9. The van der Waals surface area contributed by atoms with Crippen molar-refractivity contribution in [3.63, 3.8) is 0 Å². The Hall–Kier alpha value is -1.34. The number of ether oxygens (including phenoxy) is 3. The van der Waals surface area contributed by atoms with Crippen LogP contribution in [0.4, 0.5) is 4.79 Å². The van der Waals surface area contributed by atoms with Gasteiger partial charge in [-0.25, -0.2) is 4.79 Å². The summed E-state index contributed by atoms with van der Waals surface area (Å²) in [6, 6.07) is 0. The van der Waals surface area contributed by atoms with E-state index in [2.05, 4.69) is 20.8 Å². The first-order chi connectivity index (χ1) is 24.1. The standard InChI is InChI=1S/C42H83NO6/c1-4-7-10-13-15-17-25-32-41(45)48-36-27-21-19-26-33-43(34-38-47-39-35-44)42(46)49-37-28-20-18-24-31-40(29-22-12-9-6-3)30-23-16-14-11-8-5-2/h40,44H,4-39H2,1-3H3. The molecule has 49 heavy (non-hydrogen) atoms. The molecule has 0 saturated carbocycles. The van der Waals surface area contributed by atoms with Gasteiger partial charge < -0.3 is 24.2 Å². The van der Waals surface area contributed by atoms with Crippen molar-refractivity contribution in [2.45, 2.75) is 207 Å². The van der Waals surface area contributed by atoms with E-state index in [0.717, 1.165) is 57.3 Å². The molecule has 0 aromatic carbocycles. The molecule has 7 heteroatoms. The Morgan fingerprint density at radius 1 is 0.490 bits per heavy atom. The zero-order valence-electron chi connectivity index (χ0n) is 33.0. The lowest BCUT2D eigenvalue weighted by atomic mass is 9.89. The first-order valence-corrected chi connectivity index (χ1v) is 21.3. The van der Waals surface area contributed by atoms with E-state index < -0.39 is 0 Å². The Balaban J connectivity index is 4.18. The molecule has 0 bridgehead atoms. The van der Waals surface area contributed by atoms with Crippen LogP contribution in [0, 0.1) is 5.92 Å². The van der Waals surface area contributed by atoms with E-state index in [1.54, 1.807) is 4.90 Å². The Kier molecular flexibility index (Phi) is 38.4. The van der Waals surface area contributed by atoms with Crippen LogP contribution in [-0.4, -0.2) is 68.2 Å². The van der Waals surface area contributed by atoms with Crippen LogP contribution in [0.2, 0.25) is 0 Å². The minimum atomic E-state index is -0.266. The van der Waals surface area contributed by atoms with Crippen LogP contribution in [0.3, 0.4) is 0 Å². The van der Waals surface area contributed by atoms with Crippen molar-refractivity contribution in [2.75, 3.05) is 46.1 Å². The van der Waals surface area contributed by atoms with Gasteiger partial charge in [0.15, 0.2) is 0 Å². The van der Waals surface area contributed by atoms with Crippen molar-refractivity contribution in [3.8, 4) is 0 Å². The molecular formula is C42H83NO6. The quantitative estimate of drug-likeness (QED) is 0.0508. The molecule has 0 radical (unpaired) electrons. The molecule has 0 fully saturated rings. The molecule has 0 aliphatic carbocycles. The summed E-state index contributed by atoms with van der Waals surface area (Å²) >= 11 is 0. The van der Waals surface area contributed by atoms with Gasteiger partial charge in [0.25, 0.3) is 0 Å². The Morgan fingerprint density at radius 3 is 1.49 bits per heavy atom. The molecule has 1 amide bonds. The number of rotatable bonds is 39. The highest BCUT2D eigenvalue weighted by Crippen LogP contribution is 2.24. The summed E-state index contributed by atoms with van der Waals surface area (Å²) in [7, 11) is 0. The number of hydrogen-bond acceptors (Lipinski definition) is 6. The summed E-state index contributed by atoms with van der Waals surface area (Å²) < 4.78 is 16.5. The molecule has 0 aromatic rings. The first kappa shape index (κ1) is 47.7. The lowest BCUT2D eigenvalue weighted by Crippen LogP contribution is -2.35. The lowest BCUT2D eigenvalue weighted by molar-refractivity contribution is -0.143. The molecule has 1 atom stereocenters. The van der Waals surface area contributed by atoms with Gasteiger partial charge in [-0.05, 0) is 38.0 Å². The molecule has 1 N–H and O–H groups in total. The lowest BCUT2D eigenvalue weighted by Gasteiger charge is -2.22. The van der Waals surface area contributed by atoms with Crippen LogP contribution >= 0.6 is 0 Å². The fraction of sp³-hybridized carbons (Fsp3) is 0.952. The van der Waals surface area contributed by atoms with Crippen molar-refractivity contribution >= 4 is 12.1 Å². The number of aliphatic hydroxyl groups is 1. The second kappa shape index (κ2) is 39.4. The molecule has 0 spiro atoms. The normalized spacial score (nSPS) is 11.9. The summed E-state index contributed by atoms with van der Waals surface area (Å²) in [5.74, 6) is 0.813. The van der Waals surface area contributed by atoms with E-state index in [-0.39, 0.29) is 25.3 Å². The third-order valence-electron chi connectivity index (χ3n) is 9.73. The van der Waals surface area contributed by atoms with Crippen LogP contribution in [-0.2, 0) is 19.0 Å². The monoisotopic (exact) mass is 698 g/mol. The smallest absolute Gasteiger partial charge is 0.409 e. The van der Waals surface area contributed by atoms with Crippen LogP contribution in [0.5, 0.6) is 0 Å². The molecule has 0 aliphatic heterocycles. The summed E-state index contributed by atoms with van der Waals surface area (Å²) in [5.41, 5.74) is 0. The average Bonchev–Trinajstić information content (AvgIpc) is 3.10. The molecule has 0 saturated heterocycles. The summed E-state index contributed by atoms with van der Waals surface area (Å²) in [4.78, 5) is 26.6. The summed E-state index contributed by atoms with van der Waals surface area (Å²) in [6.07, 6.45) is 34.7. The number of amides is 1. The van der Waals surface area contributed by atoms with Crippen LogP contribution in [0.15, 0.2) is 0 Å². The molecule has 0 aliphatic rings. The minimum absolute atomic E-state index is 0.0211.